The second-order valence-corrected chi connectivity index (χ2v) is 5.96. The van der Waals surface area contributed by atoms with Gasteiger partial charge in [-0.05, 0) is 69.4 Å². The van der Waals surface area contributed by atoms with Crippen LogP contribution in [0.2, 0.25) is 0 Å². The Morgan fingerprint density at radius 3 is 2.65 bits per heavy atom. The van der Waals surface area contributed by atoms with Crippen molar-refractivity contribution in [1.82, 2.24) is 10.2 Å². The lowest BCUT2D eigenvalue weighted by Gasteiger charge is -2.25. The Morgan fingerprint density at radius 1 is 1.10 bits per heavy atom. The summed E-state index contributed by atoms with van der Waals surface area (Å²) in [4.78, 5) is 2.51. The molecule has 3 nitrogen and oxygen atoms in total. The fraction of sp³-hybridized carbons (Fsp3) is 0.647. The van der Waals surface area contributed by atoms with Gasteiger partial charge in [0.05, 0.1) is 0 Å². The van der Waals surface area contributed by atoms with Gasteiger partial charge in [-0.1, -0.05) is 18.2 Å². The first kappa shape index (κ1) is 13.9. The number of likely N-dealkylation sites (tertiary alicyclic amines) is 1. The third-order valence-corrected chi connectivity index (χ3v) is 4.56. The van der Waals surface area contributed by atoms with Crippen molar-refractivity contribution in [2.24, 2.45) is 0 Å². The Labute approximate surface area is 122 Å². The van der Waals surface area contributed by atoms with Crippen molar-refractivity contribution < 1.29 is 4.74 Å². The Bertz CT molecular complexity index is 409. The van der Waals surface area contributed by atoms with Crippen LogP contribution in [0.1, 0.15) is 37.2 Å². The van der Waals surface area contributed by atoms with Crippen LogP contribution in [-0.4, -0.2) is 44.2 Å². The SMILES string of the molecule is c1ccc(C2CCNCC2)c(OCCN2CCCC2)c1. The maximum Gasteiger partial charge on any atom is 0.122 e. The summed E-state index contributed by atoms with van der Waals surface area (Å²) in [5, 5.41) is 3.44. The molecule has 1 N–H and O–H groups in total. The molecule has 0 bridgehead atoms. The highest BCUT2D eigenvalue weighted by molar-refractivity contribution is 5.36. The zero-order chi connectivity index (χ0) is 13.6. The van der Waals surface area contributed by atoms with E-state index in [1.54, 1.807) is 0 Å². The molecule has 2 aliphatic rings. The second kappa shape index (κ2) is 7.09. The third kappa shape index (κ3) is 3.53. The highest BCUT2D eigenvalue weighted by Crippen LogP contribution is 2.32. The number of piperidine rings is 1. The number of nitrogens with one attached hydrogen (secondary N) is 1. The van der Waals surface area contributed by atoms with Crippen molar-refractivity contribution >= 4 is 0 Å². The summed E-state index contributed by atoms with van der Waals surface area (Å²) in [7, 11) is 0. The van der Waals surface area contributed by atoms with Gasteiger partial charge in [0.2, 0.25) is 0 Å². The standard InChI is InChI=1S/C17H26N2O/c1-2-6-17(20-14-13-19-11-3-4-12-19)16(5-1)15-7-9-18-10-8-15/h1-2,5-6,15,18H,3-4,7-14H2. The summed E-state index contributed by atoms with van der Waals surface area (Å²) >= 11 is 0. The summed E-state index contributed by atoms with van der Waals surface area (Å²) in [5.74, 6) is 1.78. The molecule has 0 unspecified atom stereocenters. The van der Waals surface area contributed by atoms with E-state index in [0.29, 0.717) is 5.92 Å². The van der Waals surface area contributed by atoms with E-state index < -0.39 is 0 Å². The van der Waals surface area contributed by atoms with Gasteiger partial charge in [-0.25, -0.2) is 0 Å². The topological polar surface area (TPSA) is 24.5 Å². The number of rotatable bonds is 5. The summed E-state index contributed by atoms with van der Waals surface area (Å²) < 4.78 is 6.09. The van der Waals surface area contributed by atoms with Gasteiger partial charge in [0.1, 0.15) is 12.4 Å². The molecule has 0 amide bonds. The highest BCUT2D eigenvalue weighted by atomic mass is 16.5. The molecular weight excluding hydrogens is 248 g/mol. The lowest BCUT2D eigenvalue weighted by Crippen LogP contribution is -2.27. The van der Waals surface area contributed by atoms with E-state index >= 15 is 0 Å². The molecule has 3 rings (SSSR count). The summed E-state index contributed by atoms with van der Waals surface area (Å²) in [5.41, 5.74) is 1.41. The van der Waals surface area contributed by atoms with Crippen LogP contribution < -0.4 is 10.1 Å². The smallest absolute Gasteiger partial charge is 0.122 e. The minimum absolute atomic E-state index is 0.666. The highest BCUT2D eigenvalue weighted by Gasteiger charge is 2.19. The molecule has 2 aliphatic heterocycles. The zero-order valence-corrected chi connectivity index (χ0v) is 12.3. The molecule has 2 fully saturated rings. The molecule has 20 heavy (non-hydrogen) atoms. The van der Waals surface area contributed by atoms with E-state index in [9.17, 15) is 0 Å². The fourth-order valence-electron chi connectivity index (χ4n) is 3.37. The number of para-hydroxylation sites is 1. The van der Waals surface area contributed by atoms with Crippen LogP contribution in [0.3, 0.4) is 0 Å². The summed E-state index contributed by atoms with van der Waals surface area (Å²) in [6.45, 7) is 6.65. The van der Waals surface area contributed by atoms with E-state index in [4.69, 9.17) is 4.74 Å². The molecule has 1 aromatic rings. The van der Waals surface area contributed by atoms with Crippen LogP contribution >= 0.6 is 0 Å². The number of hydrogen-bond donors (Lipinski definition) is 1. The molecule has 0 aromatic heterocycles. The van der Waals surface area contributed by atoms with Gasteiger partial charge in [0.15, 0.2) is 0 Å². The van der Waals surface area contributed by atoms with E-state index in [0.717, 1.165) is 32.0 Å². The van der Waals surface area contributed by atoms with Crippen LogP contribution in [0.4, 0.5) is 0 Å². The first-order valence-electron chi connectivity index (χ1n) is 8.08. The maximum atomic E-state index is 6.09. The zero-order valence-electron chi connectivity index (χ0n) is 12.3. The summed E-state index contributed by atoms with van der Waals surface area (Å²) in [6, 6.07) is 8.63. The minimum atomic E-state index is 0.666. The molecule has 2 heterocycles. The lowest BCUT2D eigenvalue weighted by molar-refractivity contribution is 0.235. The molecule has 0 radical (unpaired) electrons. The van der Waals surface area contributed by atoms with Crippen LogP contribution in [0.5, 0.6) is 5.75 Å². The predicted octanol–water partition coefficient (Wildman–Crippen LogP) is 2.63. The first-order chi connectivity index (χ1) is 9.93. The molecule has 1 aromatic carbocycles. The number of nitrogens with zero attached hydrogens (tertiary/aromatic N) is 1. The number of hydrogen-bond acceptors (Lipinski definition) is 3. The largest absolute Gasteiger partial charge is 0.492 e. The van der Waals surface area contributed by atoms with Gasteiger partial charge >= 0.3 is 0 Å². The monoisotopic (exact) mass is 274 g/mol. The van der Waals surface area contributed by atoms with Crippen molar-refractivity contribution in [1.29, 1.82) is 0 Å². The number of ether oxygens (including phenoxy) is 1. The van der Waals surface area contributed by atoms with Gasteiger partial charge < -0.3 is 10.1 Å². The molecule has 110 valence electrons. The minimum Gasteiger partial charge on any atom is -0.492 e. The fourth-order valence-corrected chi connectivity index (χ4v) is 3.37. The normalized spacial score (nSPS) is 21.2. The van der Waals surface area contributed by atoms with Crippen LogP contribution in [0.15, 0.2) is 24.3 Å². The Kier molecular flexibility index (Phi) is 4.93. The van der Waals surface area contributed by atoms with Crippen molar-refractivity contribution in [3.63, 3.8) is 0 Å². The molecular formula is C17H26N2O. The maximum absolute atomic E-state index is 6.09. The molecule has 0 atom stereocenters. The van der Waals surface area contributed by atoms with Crippen molar-refractivity contribution in [3.8, 4) is 5.75 Å². The molecule has 0 aliphatic carbocycles. The number of benzene rings is 1. The molecule has 0 spiro atoms. The summed E-state index contributed by atoms with van der Waals surface area (Å²) in [6.07, 6.45) is 5.16. The average molecular weight is 274 g/mol. The Hall–Kier alpha value is -1.06. The third-order valence-electron chi connectivity index (χ3n) is 4.56. The van der Waals surface area contributed by atoms with Crippen molar-refractivity contribution in [2.75, 3.05) is 39.3 Å². The molecule has 2 saturated heterocycles. The van der Waals surface area contributed by atoms with Crippen molar-refractivity contribution in [2.45, 2.75) is 31.6 Å². The second-order valence-electron chi connectivity index (χ2n) is 5.96. The molecule has 3 heteroatoms. The van der Waals surface area contributed by atoms with E-state index in [1.807, 2.05) is 0 Å². The van der Waals surface area contributed by atoms with Gasteiger partial charge in [0.25, 0.3) is 0 Å². The van der Waals surface area contributed by atoms with E-state index in [1.165, 1.54) is 44.3 Å². The first-order valence-corrected chi connectivity index (χ1v) is 8.08. The Morgan fingerprint density at radius 2 is 1.85 bits per heavy atom. The van der Waals surface area contributed by atoms with Crippen LogP contribution in [0.25, 0.3) is 0 Å². The van der Waals surface area contributed by atoms with E-state index in [2.05, 4.69) is 34.5 Å². The average Bonchev–Trinajstić information content (AvgIpc) is 3.02. The van der Waals surface area contributed by atoms with Crippen molar-refractivity contribution in [3.05, 3.63) is 29.8 Å². The lowest BCUT2D eigenvalue weighted by atomic mass is 9.89. The Balaban J connectivity index is 1.57. The van der Waals surface area contributed by atoms with Crippen LogP contribution in [-0.2, 0) is 0 Å². The van der Waals surface area contributed by atoms with E-state index in [-0.39, 0.29) is 0 Å². The van der Waals surface area contributed by atoms with Crippen LogP contribution in [0, 0.1) is 0 Å². The van der Waals surface area contributed by atoms with Gasteiger partial charge in [-0.3, -0.25) is 4.90 Å². The quantitative estimate of drug-likeness (QED) is 0.893. The van der Waals surface area contributed by atoms with Gasteiger partial charge in [-0.2, -0.15) is 0 Å². The van der Waals surface area contributed by atoms with Gasteiger partial charge in [0, 0.05) is 6.54 Å². The van der Waals surface area contributed by atoms with Gasteiger partial charge in [-0.15, -0.1) is 0 Å². The molecule has 0 saturated carbocycles. The predicted molar refractivity (Wildman–Crippen MR) is 82.5 cm³/mol.